The fraction of sp³-hybridized carbons (Fsp3) is 0.714. The number of hydrogen-bond acceptors (Lipinski definition) is 2. The molecule has 0 radical (unpaired) electrons. The Hall–Kier alpha value is -0.450. The highest BCUT2D eigenvalue weighted by atomic mass is 35.5. The first kappa shape index (κ1) is 18.6. The van der Waals surface area contributed by atoms with E-state index in [2.05, 4.69) is 0 Å². The molecular weight excluding hydrogens is 335 g/mol. The Morgan fingerprint density at radius 2 is 1.81 bits per heavy atom. The molecule has 0 aromatic rings. The van der Waals surface area contributed by atoms with Crippen LogP contribution < -0.4 is 0 Å². The molecule has 1 aliphatic rings. The zero-order valence-electron chi connectivity index (χ0n) is 12.6. The Bertz CT molecular complexity index is 440. The molecule has 0 spiro atoms. The van der Waals surface area contributed by atoms with E-state index in [4.69, 9.17) is 34.8 Å². The number of carbonyl (C=O) groups is 2. The summed E-state index contributed by atoms with van der Waals surface area (Å²) >= 11 is 17.4. The number of likely N-dealkylation sites (N-methyl/N-ethyl adjacent to an activating group) is 2. The first-order chi connectivity index (χ1) is 9.70. The van der Waals surface area contributed by atoms with Crippen molar-refractivity contribution in [2.45, 2.75) is 31.1 Å². The topological polar surface area (TPSA) is 40.6 Å². The van der Waals surface area contributed by atoms with Crippen molar-refractivity contribution in [1.29, 1.82) is 0 Å². The van der Waals surface area contributed by atoms with Crippen LogP contribution in [0.1, 0.15) is 20.3 Å². The Morgan fingerprint density at radius 3 is 2.29 bits per heavy atom. The molecule has 1 heterocycles. The van der Waals surface area contributed by atoms with Gasteiger partial charge in [0.1, 0.15) is 16.6 Å². The van der Waals surface area contributed by atoms with Gasteiger partial charge in [-0.2, -0.15) is 0 Å². The molecule has 7 heteroatoms. The summed E-state index contributed by atoms with van der Waals surface area (Å²) in [6.07, 6.45) is 2.19. The molecule has 0 unspecified atom stereocenters. The second kappa shape index (κ2) is 7.70. The van der Waals surface area contributed by atoms with Crippen LogP contribution in [0.5, 0.6) is 0 Å². The highest BCUT2D eigenvalue weighted by Crippen LogP contribution is 2.26. The first-order valence-corrected chi connectivity index (χ1v) is 8.22. The summed E-state index contributed by atoms with van der Waals surface area (Å²) in [6, 6.07) is -0.480. The van der Waals surface area contributed by atoms with Gasteiger partial charge in [0.25, 0.3) is 5.91 Å². The molecule has 1 fully saturated rings. The normalized spacial score (nSPS) is 25.0. The molecule has 4 nitrogen and oxygen atoms in total. The lowest BCUT2D eigenvalue weighted by Crippen LogP contribution is -2.56. The minimum absolute atomic E-state index is 0.117. The SMILES string of the molecule is C[C@H](CCl)C[C@H]1C(=O)N(C)/C(=C/[C@H](C)C(Cl)Cl)C(=O)N1C. The van der Waals surface area contributed by atoms with Crippen LogP contribution in [0.25, 0.3) is 0 Å². The van der Waals surface area contributed by atoms with Crippen LogP contribution in [0, 0.1) is 11.8 Å². The highest BCUT2D eigenvalue weighted by molar-refractivity contribution is 6.44. The van der Waals surface area contributed by atoms with Crippen molar-refractivity contribution in [1.82, 2.24) is 9.80 Å². The zero-order chi connectivity index (χ0) is 16.3. The van der Waals surface area contributed by atoms with Gasteiger partial charge < -0.3 is 9.80 Å². The lowest BCUT2D eigenvalue weighted by Gasteiger charge is -2.39. The second-order valence-electron chi connectivity index (χ2n) is 5.57. The van der Waals surface area contributed by atoms with Gasteiger partial charge in [-0.05, 0) is 18.4 Å². The molecule has 0 saturated carbocycles. The third-order valence-electron chi connectivity index (χ3n) is 3.69. The van der Waals surface area contributed by atoms with E-state index in [1.54, 1.807) is 27.1 Å². The van der Waals surface area contributed by atoms with Gasteiger partial charge in [0.2, 0.25) is 5.91 Å². The minimum atomic E-state index is -0.631. The third-order valence-corrected chi connectivity index (χ3v) is 5.01. The van der Waals surface area contributed by atoms with Gasteiger partial charge in [0.05, 0.1) is 0 Å². The summed E-state index contributed by atoms with van der Waals surface area (Å²) in [7, 11) is 3.23. The van der Waals surface area contributed by atoms with Crippen molar-refractivity contribution in [3.63, 3.8) is 0 Å². The van der Waals surface area contributed by atoms with Crippen molar-refractivity contribution < 1.29 is 9.59 Å². The minimum Gasteiger partial charge on any atom is -0.328 e. The number of nitrogens with zero attached hydrogens (tertiary/aromatic N) is 2. The molecule has 1 saturated heterocycles. The highest BCUT2D eigenvalue weighted by Gasteiger charge is 2.39. The standard InChI is InChI=1S/C14H21Cl3N2O2/c1-8(7-15)5-10-13(20)19(4)11(14(21)18(10)3)6-9(2)12(16)17/h6,8-10,12H,5,7H2,1-4H3/b11-6+/t8-,9-,10-/m0/s1. The summed E-state index contributed by atoms with van der Waals surface area (Å²) in [4.78, 5) is 27.2. The summed E-state index contributed by atoms with van der Waals surface area (Å²) in [5, 5.41) is 0. The number of halogens is 3. The summed E-state index contributed by atoms with van der Waals surface area (Å²) in [5.41, 5.74) is 0.316. The lowest BCUT2D eigenvalue weighted by atomic mass is 9.98. The maximum absolute atomic E-state index is 12.5. The number of piperazine rings is 1. The van der Waals surface area contributed by atoms with Crippen LogP contribution in [0.15, 0.2) is 11.8 Å². The number of alkyl halides is 3. The number of carbonyl (C=O) groups excluding carboxylic acids is 2. The van der Waals surface area contributed by atoms with Gasteiger partial charge in [-0.25, -0.2) is 0 Å². The molecule has 2 amide bonds. The van der Waals surface area contributed by atoms with Crippen molar-refractivity contribution in [2.75, 3.05) is 20.0 Å². The number of rotatable bonds is 5. The van der Waals surface area contributed by atoms with Crippen LogP contribution in [0.4, 0.5) is 0 Å². The molecule has 0 N–H and O–H groups in total. The zero-order valence-corrected chi connectivity index (χ0v) is 14.9. The summed E-state index contributed by atoms with van der Waals surface area (Å²) < 4.78 is 0. The van der Waals surface area contributed by atoms with E-state index in [9.17, 15) is 9.59 Å². The van der Waals surface area contributed by atoms with E-state index in [1.165, 1.54) is 9.80 Å². The largest absolute Gasteiger partial charge is 0.328 e. The first-order valence-electron chi connectivity index (χ1n) is 6.81. The van der Waals surface area contributed by atoms with E-state index in [0.29, 0.717) is 18.0 Å². The van der Waals surface area contributed by atoms with Crippen molar-refractivity contribution in [3.8, 4) is 0 Å². The van der Waals surface area contributed by atoms with Crippen LogP contribution in [0.3, 0.4) is 0 Å². The molecule has 1 aliphatic heterocycles. The van der Waals surface area contributed by atoms with Crippen LogP contribution in [-0.4, -0.2) is 52.5 Å². The van der Waals surface area contributed by atoms with Crippen molar-refractivity contribution >= 4 is 46.6 Å². The van der Waals surface area contributed by atoms with E-state index in [-0.39, 0.29) is 23.7 Å². The average Bonchev–Trinajstić information content (AvgIpc) is 2.45. The maximum atomic E-state index is 12.5. The predicted octanol–water partition coefficient (Wildman–Crippen LogP) is 2.87. The van der Waals surface area contributed by atoms with E-state index in [1.807, 2.05) is 6.92 Å². The smallest absolute Gasteiger partial charge is 0.270 e. The predicted molar refractivity (Wildman–Crippen MR) is 86.6 cm³/mol. The molecule has 0 bridgehead atoms. The van der Waals surface area contributed by atoms with Crippen LogP contribution in [-0.2, 0) is 9.59 Å². The monoisotopic (exact) mass is 354 g/mol. The number of amides is 2. The maximum Gasteiger partial charge on any atom is 0.270 e. The Morgan fingerprint density at radius 1 is 1.24 bits per heavy atom. The second-order valence-corrected chi connectivity index (χ2v) is 7.04. The summed E-state index contributed by atoms with van der Waals surface area (Å²) in [6.45, 7) is 3.75. The molecule has 0 aromatic heterocycles. The fourth-order valence-electron chi connectivity index (χ4n) is 2.18. The van der Waals surface area contributed by atoms with Gasteiger partial charge in [-0.3, -0.25) is 9.59 Å². The molecule has 0 aliphatic carbocycles. The van der Waals surface area contributed by atoms with E-state index >= 15 is 0 Å². The van der Waals surface area contributed by atoms with E-state index < -0.39 is 10.9 Å². The van der Waals surface area contributed by atoms with Gasteiger partial charge in [-0.1, -0.05) is 13.8 Å². The number of hydrogen-bond donors (Lipinski definition) is 0. The third kappa shape index (κ3) is 4.27. The molecule has 0 aromatic carbocycles. The Labute approximate surface area is 141 Å². The van der Waals surface area contributed by atoms with Gasteiger partial charge in [0, 0.05) is 25.9 Å². The Kier molecular flexibility index (Phi) is 6.82. The molecule has 120 valence electrons. The average molecular weight is 356 g/mol. The lowest BCUT2D eigenvalue weighted by molar-refractivity contribution is -0.149. The quantitative estimate of drug-likeness (QED) is 0.562. The molecule has 21 heavy (non-hydrogen) atoms. The fourth-order valence-corrected chi connectivity index (χ4v) is 2.45. The van der Waals surface area contributed by atoms with Gasteiger partial charge >= 0.3 is 0 Å². The molecule has 3 atom stereocenters. The molecule has 1 rings (SSSR count). The van der Waals surface area contributed by atoms with Crippen molar-refractivity contribution in [2.24, 2.45) is 11.8 Å². The molecular formula is C14H21Cl3N2O2. The van der Waals surface area contributed by atoms with E-state index in [0.717, 1.165) is 0 Å². The summed E-state index contributed by atoms with van der Waals surface area (Å²) in [5.74, 6) is 0.0612. The van der Waals surface area contributed by atoms with Gasteiger partial charge in [-0.15, -0.1) is 34.8 Å². The Balaban J connectivity index is 3.02. The number of allylic oxidation sites excluding steroid dienone is 1. The van der Waals surface area contributed by atoms with Crippen molar-refractivity contribution in [3.05, 3.63) is 11.8 Å². The van der Waals surface area contributed by atoms with Crippen LogP contribution >= 0.6 is 34.8 Å². The van der Waals surface area contributed by atoms with Gasteiger partial charge in [0.15, 0.2) is 0 Å². The van der Waals surface area contributed by atoms with Crippen LogP contribution in [0.2, 0.25) is 0 Å².